The van der Waals surface area contributed by atoms with E-state index in [1.807, 2.05) is 37.3 Å². The predicted molar refractivity (Wildman–Crippen MR) is 121 cm³/mol. The van der Waals surface area contributed by atoms with Crippen LogP contribution < -0.4 is 10.7 Å². The lowest BCUT2D eigenvalue weighted by Crippen LogP contribution is -2.26. The number of rotatable bonds is 6. The van der Waals surface area contributed by atoms with Crippen molar-refractivity contribution in [3.63, 3.8) is 0 Å². The summed E-state index contributed by atoms with van der Waals surface area (Å²) in [5.41, 5.74) is 8.02. The van der Waals surface area contributed by atoms with Crippen LogP contribution in [0.1, 0.15) is 18.1 Å². The summed E-state index contributed by atoms with van der Waals surface area (Å²) in [5, 5.41) is 9.67. The number of hydrogen-bond acceptors (Lipinski definition) is 3. The van der Waals surface area contributed by atoms with Crippen LogP contribution in [0.5, 0.6) is 0 Å². The Kier molecular flexibility index (Phi) is 5.29. The second-order valence-electron chi connectivity index (χ2n) is 7.00. The van der Waals surface area contributed by atoms with Crippen molar-refractivity contribution in [2.24, 2.45) is 5.10 Å². The van der Waals surface area contributed by atoms with Crippen LogP contribution in [0.15, 0.2) is 71.8 Å². The van der Waals surface area contributed by atoms with Crippen LogP contribution in [0.25, 0.3) is 21.8 Å². The lowest BCUT2D eigenvalue weighted by atomic mass is 10.1. The van der Waals surface area contributed by atoms with Gasteiger partial charge in [0.1, 0.15) is 0 Å². The third kappa shape index (κ3) is 3.85. The molecule has 146 valence electrons. The lowest BCUT2D eigenvalue weighted by molar-refractivity contribution is -0.119. The molecule has 2 N–H and O–H groups in total. The fraction of sp³-hybridized carbons (Fsp3) is 0.167. The highest BCUT2D eigenvalue weighted by Crippen LogP contribution is 2.29. The minimum absolute atomic E-state index is 0.172. The van der Waals surface area contributed by atoms with Crippen molar-refractivity contribution >= 4 is 39.6 Å². The number of hydrazone groups is 1. The molecule has 0 aliphatic rings. The highest BCUT2D eigenvalue weighted by atomic mass is 16.2. The number of nitrogens with one attached hydrogen (secondary N) is 2. The van der Waals surface area contributed by atoms with Gasteiger partial charge in [-0.3, -0.25) is 4.79 Å². The van der Waals surface area contributed by atoms with Crippen LogP contribution in [0, 0.1) is 6.92 Å². The molecule has 0 saturated carbocycles. The Labute approximate surface area is 170 Å². The molecule has 0 bridgehead atoms. The molecule has 0 spiro atoms. The number of nitrogens with zero attached hydrogens (tertiary/aromatic N) is 2. The van der Waals surface area contributed by atoms with Crippen LogP contribution in [0.3, 0.4) is 0 Å². The van der Waals surface area contributed by atoms with Gasteiger partial charge in [-0.25, -0.2) is 5.43 Å². The number of amides is 1. The van der Waals surface area contributed by atoms with Gasteiger partial charge in [0.15, 0.2) is 0 Å². The Balaban J connectivity index is 1.46. The summed E-state index contributed by atoms with van der Waals surface area (Å²) in [5.74, 6) is -0.187. The molecule has 0 fully saturated rings. The van der Waals surface area contributed by atoms with Crippen molar-refractivity contribution < 1.29 is 4.79 Å². The molecule has 0 saturated heterocycles. The van der Waals surface area contributed by atoms with E-state index in [-0.39, 0.29) is 12.5 Å². The normalized spacial score (nSPS) is 11.4. The van der Waals surface area contributed by atoms with E-state index in [4.69, 9.17) is 0 Å². The molecule has 0 aliphatic carbocycles. The maximum Gasteiger partial charge on any atom is 0.259 e. The van der Waals surface area contributed by atoms with Gasteiger partial charge in [-0.05, 0) is 49.2 Å². The van der Waals surface area contributed by atoms with Gasteiger partial charge in [-0.15, -0.1) is 0 Å². The number of benzene rings is 3. The van der Waals surface area contributed by atoms with Gasteiger partial charge in [0.05, 0.1) is 12.8 Å². The smallest absolute Gasteiger partial charge is 0.259 e. The highest BCUT2D eigenvalue weighted by Gasteiger charge is 2.09. The number of carbonyl (C=O) groups is 1. The molecular weight excluding hydrogens is 360 g/mol. The SMILES string of the molecule is CCn1c2ccccc2c2cc(/C=N/NC(=O)CNc3ccccc3C)ccc21. The zero-order valence-electron chi connectivity index (χ0n) is 16.6. The van der Waals surface area contributed by atoms with E-state index in [0.717, 1.165) is 23.4 Å². The molecule has 1 amide bonds. The summed E-state index contributed by atoms with van der Waals surface area (Å²) < 4.78 is 2.31. The maximum absolute atomic E-state index is 12.1. The zero-order chi connectivity index (χ0) is 20.2. The summed E-state index contributed by atoms with van der Waals surface area (Å²) in [7, 11) is 0. The summed E-state index contributed by atoms with van der Waals surface area (Å²) >= 11 is 0. The van der Waals surface area contributed by atoms with Crippen LogP contribution >= 0.6 is 0 Å². The Morgan fingerprint density at radius 2 is 1.76 bits per heavy atom. The lowest BCUT2D eigenvalue weighted by Gasteiger charge is -2.07. The van der Waals surface area contributed by atoms with E-state index >= 15 is 0 Å². The molecule has 0 aliphatic heterocycles. The molecule has 0 unspecified atom stereocenters. The Morgan fingerprint density at radius 1 is 1.00 bits per heavy atom. The zero-order valence-corrected chi connectivity index (χ0v) is 16.6. The number of fused-ring (bicyclic) bond motifs is 3. The topological polar surface area (TPSA) is 58.4 Å². The van der Waals surface area contributed by atoms with E-state index in [2.05, 4.69) is 63.7 Å². The first-order valence-electron chi connectivity index (χ1n) is 9.79. The number of carbonyl (C=O) groups excluding carboxylic acids is 1. The van der Waals surface area contributed by atoms with Crippen LogP contribution in [0.2, 0.25) is 0 Å². The quantitative estimate of drug-likeness (QED) is 0.374. The third-order valence-corrected chi connectivity index (χ3v) is 5.10. The summed E-state index contributed by atoms with van der Waals surface area (Å²) in [6.45, 7) is 5.25. The van der Waals surface area contributed by atoms with Gasteiger partial charge in [0.2, 0.25) is 0 Å². The molecule has 3 aromatic carbocycles. The fourth-order valence-electron chi connectivity index (χ4n) is 3.66. The average Bonchev–Trinajstić information content (AvgIpc) is 3.06. The second kappa shape index (κ2) is 8.19. The van der Waals surface area contributed by atoms with Crippen molar-refractivity contribution in [2.45, 2.75) is 20.4 Å². The van der Waals surface area contributed by atoms with Gasteiger partial charge in [-0.1, -0.05) is 42.5 Å². The van der Waals surface area contributed by atoms with Crippen LogP contribution in [-0.2, 0) is 11.3 Å². The number of aryl methyl sites for hydroxylation is 2. The first-order valence-corrected chi connectivity index (χ1v) is 9.79. The predicted octanol–water partition coefficient (Wildman–Crippen LogP) is 4.69. The van der Waals surface area contributed by atoms with Crippen LogP contribution in [0.4, 0.5) is 5.69 Å². The summed E-state index contributed by atoms with van der Waals surface area (Å²) in [4.78, 5) is 12.1. The molecule has 0 atom stereocenters. The van der Waals surface area contributed by atoms with E-state index in [0.29, 0.717) is 0 Å². The van der Waals surface area contributed by atoms with Gasteiger partial charge in [0, 0.05) is 34.0 Å². The van der Waals surface area contributed by atoms with Crippen LogP contribution in [-0.4, -0.2) is 23.2 Å². The molecule has 5 heteroatoms. The minimum Gasteiger partial charge on any atom is -0.376 e. The molecule has 5 nitrogen and oxygen atoms in total. The standard InChI is InChI=1S/C24H24N4O/c1-3-28-22-11-7-5-9-19(22)20-14-18(12-13-23(20)28)15-26-27-24(29)16-25-21-10-6-4-8-17(21)2/h4-15,25H,3,16H2,1-2H3,(H,27,29)/b26-15+. The average molecular weight is 384 g/mol. The van der Waals surface area contributed by atoms with Crippen molar-refractivity contribution in [3.05, 3.63) is 77.9 Å². The highest BCUT2D eigenvalue weighted by molar-refractivity contribution is 6.09. The number of aromatic nitrogens is 1. The van der Waals surface area contributed by atoms with Gasteiger partial charge >= 0.3 is 0 Å². The largest absolute Gasteiger partial charge is 0.376 e. The first kappa shape index (κ1) is 18.7. The molecule has 4 aromatic rings. The first-order chi connectivity index (χ1) is 14.2. The molecule has 4 rings (SSSR count). The Morgan fingerprint density at radius 3 is 2.59 bits per heavy atom. The third-order valence-electron chi connectivity index (χ3n) is 5.10. The van der Waals surface area contributed by atoms with Crippen molar-refractivity contribution in [3.8, 4) is 0 Å². The van der Waals surface area contributed by atoms with Gasteiger partial charge in [0.25, 0.3) is 5.91 Å². The molecule has 29 heavy (non-hydrogen) atoms. The monoisotopic (exact) mass is 384 g/mol. The fourth-order valence-corrected chi connectivity index (χ4v) is 3.66. The van der Waals surface area contributed by atoms with E-state index in [9.17, 15) is 4.79 Å². The molecular formula is C24H24N4O. The maximum atomic E-state index is 12.1. The number of anilines is 1. The number of para-hydroxylation sites is 2. The van der Waals surface area contributed by atoms with Crippen molar-refractivity contribution in [1.29, 1.82) is 0 Å². The van der Waals surface area contributed by atoms with E-state index in [1.54, 1.807) is 6.21 Å². The molecule has 1 heterocycles. The van der Waals surface area contributed by atoms with Crippen molar-refractivity contribution in [1.82, 2.24) is 9.99 Å². The summed E-state index contributed by atoms with van der Waals surface area (Å²) in [6.07, 6.45) is 1.68. The van der Waals surface area contributed by atoms with E-state index in [1.165, 1.54) is 21.8 Å². The molecule has 1 aromatic heterocycles. The number of hydrogen-bond donors (Lipinski definition) is 2. The summed E-state index contributed by atoms with van der Waals surface area (Å²) in [6, 6.07) is 22.5. The minimum atomic E-state index is -0.187. The molecule has 0 radical (unpaired) electrons. The Bertz CT molecular complexity index is 1210. The van der Waals surface area contributed by atoms with Gasteiger partial charge < -0.3 is 9.88 Å². The Hall–Kier alpha value is -3.60. The second-order valence-corrected chi connectivity index (χ2v) is 7.00. The van der Waals surface area contributed by atoms with Gasteiger partial charge in [-0.2, -0.15) is 5.10 Å². The van der Waals surface area contributed by atoms with E-state index < -0.39 is 0 Å². The van der Waals surface area contributed by atoms with Crippen molar-refractivity contribution in [2.75, 3.05) is 11.9 Å².